The summed E-state index contributed by atoms with van der Waals surface area (Å²) >= 11 is 1.31. The van der Waals surface area contributed by atoms with Crippen LogP contribution in [0.3, 0.4) is 0 Å². The van der Waals surface area contributed by atoms with Gasteiger partial charge in [0.05, 0.1) is 23.5 Å². The van der Waals surface area contributed by atoms with Gasteiger partial charge in [0.2, 0.25) is 5.91 Å². The Bertz CT molecular complexity index is 1240. The van der Waals surface area contributed by atoms with Gasteiger partial charge >= 0.3 is 0 Å². The fraction of sp³-hybridized carbons (Fsp3) is 0.120. The van der Waals surface area contributed by atoms with E-state index >= 15 is 0 Å². The Labute approximate surface area is 196 Å². The van der Waals surface area contributed by atoms with Crippen LogP contribution in [0.1, 0.15) is 21.7 Å². The predicted octanol–water partition coefficient (Wildman–Crippen LogP) is 4.62. The zero-order valence-corrected chi connectivity index (χ0v) is 18.9. The SMILES string of the molecule is Cc1nnc(SCC(=O)Nc2ccccc2C(=O)Nc2ccccc2)n1Cc1ccccc1. The van der Waals surface area contributed by atoms with Gasteiger partial charge in [-0.2, -0.15) is 0 Å². The Morgan fingerprint density at radius 2 is 1.52 bits per heavy atom. The van der Waals surface area contributed by atoms with Gasteiger partial charge in [0.15, 0.2) is 5.16 Å². The molecule has 1 aromatic heterocycles. The van der Waals surface area contributed by atoms with Gasteiger partial charge in [-0.05, 0) is 36.8 Å². The Morgan fingerprint density at radius 3 is 2.27 bits per heavy atom. The van der Waals surface area contributed by atoms with Crippen LogP contribution < -0.4 is 10.6 Å². The van der Waals surface area contributed by atoms with E-state index in [0.717, 1.165) is 11.4 Å². The largest absolute Gasteiger partial charge is 0.325 e. The fourth-order valence-corrected chi connectivity index (χ4v) is 4.03. The number of nitrogens with one attached hydrogen (secondary N) is 2. The molecule has 2 N–H and O–H groups in total. The van der Waals surface area contributed by atoms with Crippen molar-refractivity contribution in [2.24, 2.45) is 0 Å². The number of benzene rings is 3. The van der Waals surface area contributed by atoms with Gasteiger partial charge in [0.25, 0.3) is 5.91 Å². The molecule has 0 radical (unpaired) electrons. The molecule has 0 saturated carbocycles. The zero-order chi connectivity index (χ0) is 23.0. The molecule has 4 aromatic rings. The standard InChI is InChI=1S/C25H23N5O2S/c1-18-28-29-25(30(18)16-19-10-4-2-5-11-19)33-17-23(31)27-22-15-9-8-14-21(22)24(32)26-20-12-6-3-7-13-20/h2-15H,16-17H2,1H3,(H,26,32)(H,27,31). The third-order valence-electron chi connectivity index (χ3n) is 4.90. The van der Waals surface area contributed by atoms with Crippen molar-refractivity contribution in [2.45, 2.75) is 18.6 Å². The first kappa shape index (κ1) is 22.3. The number of carbonyl (C=O) groups is 2. The van der Waals surface area contributed by atoms with Crippen LogP contribution in [0.2, 0.25) is 0 Å². The molecule has 0 atom stereocenters. The van der Waals surface area contributed by atoms with Crippen LogP contribution in [0.4, 0.5) is 11.4 Å². The number of nitrogens with zero attached hydrogens (tertiary/aromatic N) is 3. The van der Waals surface area contributed by atoms with Gasteiger partial charge in [-0.15, -0.1) is 10.2 Å². The minimum absolute atomic E-state index is 0.140. The average Bonchev–Trinajstić information content (AvgIpc) is 3.18. The van der Waals surface area contributed by atoms with Gasteiger partial charge in [-0.3, -0.25) is 9.59 Å². The summed E-state index contributed by atoms with van der Waals surface area (Å²) in [6.45, 7) is 2.52. The molecule has 0 saturated heterocycles. The van der Waals surface area contributed by atoms with Crippen molar-refractivity contribution in [1.82, 2.24) is 14.8 Å². The topological polar surface area (TPSA) is 88.9 Å². The van der Waals surface area contributed by atoms with E-state index in [1.165, 1.54) is 11.8 Å². The summed E-state index contributed by atoms with van der Waals surface area (Å²) in [5.41, 5.74) is 2.67. The highest BCUT2D eigenvalue weighted by molar-refractivity contribution is 7.99. The van der Waals surface area contributed by atoms with Crippen molar-refractivity contribution in [1.29, 1.82) is 0 Å². The highest BCUT2D eigenvalue weighted by Crippen LogP contribution is 2.21. The van der Waals surface area contributed by atoms with E-state index in [9.17, 15) is 9.59 Å². The highest BCUT2D eigenvalue weighted by atomic mass is 32.2. The van der Waals surface area contributed by atoms with Gasteiger partial charge < -0.3 is 15.2 Å². The Balaban J connectivity index is 1.40. The maximum atomic E-state index is 12.7. The number of hydrogen-bond acceptors (Lipinski definition) is 5. The molecule has 0 unspecified atom stereocenters. The van der Waals surface area contributed by atoms with Crippen LogP contribution in [-0.4, -0.2) is 32.3 Å². The first-order valence-electron chi connectivity index (χ1n) is 10.4. The number of aryl methyl sites for hydroxylation is 1. The number of aromatic nitrogens is 3. The second-order valence-corrected chi connectivity index (χ2v) is 8.25. The molecule has 0 fully saturated rings. The van der Waals surface area contributed by atoms with E-state index in [-0.39, 0.29) is 17.6 Å². The molecule has 33 heavy (non-hydrogen) atoms. The van der Waals surface area contributed by atoms with Crippen LogP contribution in [-0.2, 0) is 11.3 Å². The van der Waals surface area contributed by atoms with Crippen molar-refractivity contribution in [3.63, 3.8) is 0 Å². The van der Waals surface area contributed by atoms with Gasteiger partial charge in [-0.1, -0.05) is 72.4 Å². The quantitative estimate of drug-likeness (QED) is 0.377. The van der Waals surface area contributed by atoms with Gasteiger partial charge in [0, 0.05) is 5.69 Å². The van der Waals surface area contributed by atoms with Crippen LogP contribution in [0.5, 0.6) is 0 Å². The summed E-state index contributed by atoms with van der Waals surface area (Å²) in [5, 5.41) is 14.7. The average molecular weight is 458 g/mol. The minimum Gasteiger partial charge on any atom is -0.325 e. The molecule has 0 spiro atoms. The molecule has 0 aliphatic carbocycles. The van der Waals surface area contributed by atoms with E-state index in [4.69, 9.17) is 0 Å². The third kappa shape index (κ3) is 5.87. The molecule has 4 rings (SSSR count). The lowest BCUT2D eigenvalue weighted by atomic mass is 10.1. The molecule has 166 valence electrons. The monoisotopic (exact) mass is 457 g/mol. The molecule has 1 heterocycles. The second kappa shape index (κ2) is 10.6. The second-order valence-electron chi connectivity index (χ2n) is 7.30. The number of anilines is 2. The number of thioether (sulfide) groups is 1. The summed E-state index contributed by atoms with van der Waals surface area (Å²) < 4.78 is 1.98. The number of carbonyl (C=O) groups excluding carboxylic acids is 2. The van der Waals surface area contributed by atoms with Crippen LogP contribution >= 0.6 is 11.8 Å². The lowest BCUT2D eigenvalue weighted by Crippen LogP contribution is -2.19. The molecular formula is C25H23N5O2S. The normalized spacial score (nSPS) is 10.6. The van der Waals surface area contributed by atoms with Crippen molar-refractivity contribution >= 4 is 35.0 Å². The highest BCUT2D eigenvalue weighted by Gasteiger charge is 2.16. The Morgan fingerprint density at radius 1 is 0.848 bits per heavy atom. The third-order valence-corrected chi connectivity index (χ3v) is 5.86. The van der Waals surface area contributed by atoms with Crippen molar-refractivity contribution in [3.05, 3.63) is 102 Å². The van der Waals surface area contributed by atoms with E-state index in [1.54, 1.807) is 24.3 Å². The lowest BCUT2D eigenvalue weighted by Gasteiger charge is -2.12. The predicted molar refractivity (Wildman–Crippen MR) is 130 cm³/mol. The summed E-state index contributed by atoms with van der Waals surface area (Å²) in [6, 6.07) is 26.2. The zero-order valence-electron chi connectivity index (χ0n) is 18.1. The first-order valence-corrected chi connectivity index (χ1v) is 11.4. The number of rotatable bonds is 8. The maximum absolute atomic E-state index is 12.7. The Kier molecular flexibility index (Phi) is 7.16. The molecule has 8 heteroatoms. The summed E-state index contributed by atoms with van der Waals surface area (Å²) in [7, 11) is 0. The van der Waals surface area contributed by atoms with E-state index < -0.39 is 0 Å². The maximum Gasteiger partial charge on any atom is 0.257 e. The van der Waals surface area contributed by atoms with Crippen molar-refractivity contribution < 1.29 is 9.59 Å². The molecule has 0 aliphatic rings. The molecule has 0 bridgehead atoms. The number of para-hydroxylation sites is 2. The molecule has 2 amide bonds. The van der Waals surface area contributed by atoms with Crippen molar-refractivity contribution in [3.8, 4) is 0 Å². The van der Waals surface area contributed by atoms with Gasteiger partial charge in [-0.25, -0.2) is 0 Å². The minimum atomic E-state index is -0.289. The molecule has 3 aromatic carbocycles. The van der Waals surface area contributed by atoms with E-state index in [1.807, 2.05) is 72.2 Å². The van der Waals surface area contributed by atoms with Crippen molar-refractivity contribution in [2.75, 3.05) is 16.4 Å². The number of amides is 2. The smallest absolute Gasteiger partial charge is 0.257 e. The first-order chi connectivity index (χ1) is 16.1. The van der Waals surface area contributed by atoms with Crippen LogP contribution in [0.25, 0.3) is 0 Å². The summed E-state index contributed by atoms with van der Waals surface area (Å²) in [6.07, 6.45) is 0. The summed E-state index contributed by atoms with van der Waals surface area (Å²) in [4.78, 5) is 25.4. The van der Waals surface area contributed by atoms with Crippen LogP contribution in [0, 0.1) is 6.92 Å². The lowest BCUT2D eigenvalue weighted by molar-refractivity contribution is -0.113. The molecule has 0 aliphatic heterocycles. The van der Waals surface area contributed by atoms with E-state index in [2.05, 4.69) is 20.8 Å². The van der Waals surface area contributed by atoms with Crippen LogP contribution in [0.15, 0.2) is 90.1 Å². The molecular weight excluding hydrogens is 434 g/mol. The number of hydrogen-bond donors (Lipinski definition) is 2. The summed E-state index contributed by atoms with van der Waals surface area (Å²) in [5.74, 6) is 0.404. The van der Waals surface area contributed by atoms with E-state index in [0.29, 0.717) is 28.6 Å². The fourth-order valence-electron chi connectivity index (χ4n) is 3.24. The van der Waals surface area contributed by atoms with Gasteiger partial charge in [0.1, 0.15) is 5.82 Å². The Hall–Kier alpha value is -3.91. The molecule has 7 nitrogen and oxygen atoms in total.